The summed E-state index contributed by atoms with van der Waals surface area (Å²) in [6.07, 6.45) is -1.66. The van der Waals surface area contributed by atoms with Gasteiger partial charge in [-0.05, 0) is 31.0 Å². The standard InChI is InChI=1S/C19H21ClF3N3.3BrH/c20-17-13-16(19(21,22)23)14-24-18(17)26-9-4-8-25(11-12-26)10-7-15-5-2-1-3-6-15;;;/h1-3,5-6,13-14H,4,7-12H2;3*1H. The van der Waals surface area contributed by atoms with Gasteiger partial charge in [-0.25, -0.2) is 4.98 Å². The lowest BCUT2D eigenvalue weighted by atomic mass is 10.1. The second-order valence-corrected chi connectivity index (χ2v) is 6.85. The van der Waals surface area contributed by atoms with Crippen molar-refractivity contribution in [3.05, 3.63) is 58.7 Å². The molecule has 0 spiro atoms. The summed E-state index contributed by atoms with van der Waals surface area (Å²) >= 11 is 6.08. The van der Waals surface area contributed by atoms with Crippen molar-refractivity contribution in [2.24, 2.45) is 0 Å². The quantitative estimate of drug-likeness (QED) is 0.401. The molecule has 1 aromatic carbocycles. The summed E-state index contributed by atoms with van der Waals surface area (Å²) in [4.78, 5) is 8.34. The van der Waals surface area contributed by atoms with Crippen LogP contribution in [0.25, 0.3) is 0 Å². The van der Waals surface area contributed by atoms with E-state index in [9.17, 15) is 13.2 Å². The van der Waals surface area contributed by atoms with E-state index in [1.165, 1.54) is 5.56 Å². The van der Waals surface area contributed by atoms with Crippen LogP contribution >= 0.6 is 62.5 Å². The van der Waals surface area contributed by atoms with Crippen molar-refractivity contribution in [2.75, 3.05) is 37.6 Å². The molecule has 0 radical (unpaired) electrons. The second-order valence-electron chi connectivity index (χ2n) is 6.45. The van der Waals surface area contributed by atoms with Gasteiger partial charge in [0.1, 0.15) is 5.82 Å². The molecular weight excluding hydrogens is 602 g/mol. The minimum atomic E-state index is -4.43. The van der Waals surface area contributed by atoms with Crippen LogP contribution < -0.4 is 4.90 Å². The van der Waals surface area contributed by atoms with Crippen LogP contribution in [0.4, 0.5) is 19.0 Å². The van der Waals surface area contributed by atoms with Gasteiger partial charge in [-0.3, -0.25) is 0 Å². The van der Waals surface area contributed by atoms with Crippen LogP contribution in [0, 0.1) is 0 Å². The molecule has 164 valence electrons. The Balaban J connectivity index is 0.00000261. The van der Waals surface area contributed by atoms with Gasteiger partial charge in [0.15, 0.2) is 0 Å². The minimum Gasteiger partial charge on any atom is -0.354 e. The highest BCUT2D eigenvalue weighted by atomic mass is 79.9. The summed E-state index contributed by atoms with van der Waals surface area (Å²) < 4.78 is 38.3. The third-order valence-corrected chi connectivity index (χ3v) is 4.87. The SMILES string of the molecule is Br.Br.Br.FC(F)(F)c1cnc(N2CCCN(CCc3ccccc3)CC2)c(Cl)c1. The Morgan fingerprint density at radius 3 is 2.28 bits per heavy atom. The second kappa shape index (κ2) is 13.1. The summed E-state index contributed by atoms with van der Waals surface area (Å²) in [7, 11) is 0. The molecule has 1 fully saturated rings. The molecule has 1 aromatic heterocycles. The van der Waals surface area contributed by atoms with Gasteiger partial charge in [0, 0.05) is 32.4 Å². The fourth-order valence-corrected chi connectivity index (χ4v) is 3.44. The normalized spacial score (nSPS) is 14.8. The zero-order valence-corrected chi connectivity index (χ0v) is 21.5. The number of benzene rings is 1. The molecule has 10 heteroatoms. The van der Waals surface area contributed by atoms with Gasteiger partial charge in [-0.2, -0.15) is 13.2 Å². The summed E-state index contributed by atoms with van der Waals surface area (Å²) in [5, 5.41) is 0.0533. The van der Waals surface area contributed by atoms with Crippen molar-refractivity contribution in [3.8, 4) is 0 Å². The fraction of sp³-hybridized carbons (Fsp3) is 0.421. The smallest absolute Gasteiger partial charge is 0.354 e. The van der Waals surface area contributed by atoms with Gasteiger partial charge in [0.25, 0.3) is 0 Å². The van der Waals surface area contributed by atoms with Crippen LogP contribution in [0.2, 0.25) is 5.02 Å². The number of anilines is 1. The molecule has 3 nitrogen and oxygen atoms in total. The first kappa shape index (κ1) is 28.6. The third-order valence-electron chi connectivity index (χ3n) is 4.60. The molecule has 1 aliphatic heterocycles. The molecule has 3 rings (SSSR count). The molecule has 0 unspecified atom stereocenters. The van der Waals surface area contributed by atoms with Gasteiger partial charge in [-0.1, -0.05) is 41.9 Å². The number of halogens is 7. The minimum absolute atomic E-state index is 0. The van der Waals surface area contributed by atoms with E-state index in [1.807, 2.05) is 23.1 Å². The molecule has 1 aliphatic rings. The topological polar surface area (TPSA) is 19.4 Å². The van der Waals surface area contributed by atoms with Crippen molar-refractivity contribution >= 4 is 68.4 Å². The zero-order valence-electron chi connectivity index (χ0n) is 15.6. The highest BCUT2D eigenvalue weighted by Crippen LogP contribution is 2.33. The third kappa shape index (κ3) is 8.36. The Labute approximate surface area is 205 Å². The number of hydrogen-bond acceptors (Lipinski definition) is 3. The van der Waals surface area contributed by atoms with Crippen molar-refractivity contribution in [3.63, 3.8) is 0 Å². The number of alkyl halides is 3. The first-order valence-corrected chi connectivity index (χ1v) is 9.05. The molecule has 2 heterocycles. The molecule has 2 aromatic rings. The van der Waals surface area contributed by atoms with E-state index in [0.717, 1.165) is 51.3 Å². The van der Waals surface area contributed by atoms with Crippen molar-refractivity contribution in [2.45, 2.75) is 19.0 Å². The molecule has 0 saturated carbocycles. The summed E-state index contributed by atoms with van der Waals surface area (Å²) in [6.45, 7) is 4.20. The van der Waals surface area contributed by atoms with Gasteiger partial charge in [0.2, 0.25) is 0 Å². The van der Waals surface area contributed by atoms with Crippen LogP contribution in [0.5, 0.6) is 0 Å². The molecule has 0 aliphatic carbocycles. The summed E-state index contributed by atoms with van der Waals surface area (Å²) in [5.74, 6) is 0.435. The number of rotatable bonds is 4. The van der Waals surface area contributed by atoms with E-state index in [-0.39, 0.29) is 56.0 Å². The summed E-state index contributed by atoms with van der Waals surface area (Å²) in [6, 6.07) is 11.3. The average molecular weight is 627 g/mol. The van der Waals surface area contributed by atoms with E-state index in [2.05, 4.69) is 22.0 Å². The number of pyridine rings is 1. The van der Waals surface area contributed by atoms with Crippen LogP contribution in [-0.2, 0) is 12.6 Å². The first-order chi connectivity index (χ1) is 12.4. The Morgan fingerprint density at radius 1 is 0.966 bits per heavy atom. The Morgan fingerprint density at radius 2 is 1.66 bits per heavy atom. The lowest BCUT2D eigenvalue weighted by Crippen LogP contribution is -2.32. The van der Waals surface area contributed by atoms with Crippen LogP contribution in [0.1, 0.15) is 17.5 Å². The van der Waals surface area contributed by atoms with E-state index in [4.69, 9.17) is 11.6 Å². The van der Waals surface area contributed by atoms with E-state index < -0.39 is 11.7 Å². The molecule has 0 bridgehead atoms. The molecule has 0 N–H and O–H groups in total. The number of aromatic nitrogens is 1. The molecule has 0 amide bonds. The van der Waals surface area contributed by atoms with Gasteiger partial charge >= 0.3 is 6.18 Å². The van der Waals surface area contributed by atoms with E-state index in [1.54, 1.807) is 0 Å². The molecular formula is C19H24Br3ClF3N3. The Hall–Kier alpha value is -0.350. The van der Waals surface area contributed by atoms with Crippen molar-refractivity contribution in [1.82, 2.24) is 9.88 Å². The maximum atomic E-state index is 12.8. The van der Waals surface area contributed by atoms with Crippen molar-refractivity contribution in [1.29, 1.82) is 0 Å². The fourth-order valence-electron chi connectivity index (χ4n) is 3.16. The molecule has 1 saturated heterocycles. The monoisotopic (exact) mass is 623 g/mol. The highest BCUT2D eigenvalue weighted by Gasteiger charge is 2.32. The van der Waals surface area contributed by atoms with Crippen LogP contribution in [-0.4, -0.2) is 42.6 Å². The average Bonchev–Trinajstić information content (AvgIpc) is 2.85. The maximum absolute atomic E-state index is 12.8. The first-order valence-electron chi connectivity index (χ1n) is 8.67. The molecule has 29 heavy (non-hydrogen) atoms. The van der Waals surface area contributed by atoms with Gasteiger partial charge in [0.05, 0.1) is 10.6 Å². The van der Waals surface area contributed by atoms with Gasteiger partial charge in [-0.15, -0.1) is 50.9 Å². The van der Waals surface area contributed by atoms with E-state index in [0.29, 0.717) is 12.4 Å². The largest absolute Gasteiger partial charge is 0.417 e. The van der Waals surface area contributed by atoms with E-state index >= 15 is 0 Å². The number of nitrogens with zero attached hydrogens (tertiary/aromatic N) is 3. The van der Waals surface area contributed by atoms with Gasteiger partial charge < -0.3 is 9.80 Å². The predicted molar refractivity (Wildman–Crippen MR) is 129 cm³/mol. The Kier molecular flexibility index (Phi) is 13.0. The van der Waals surface area contributed by atoms with Crippen LogP contribution in [0.3, 0.4) is 0 Å². The summed E-state index contributed by atoms with van der Waals surface area (Å²) in [5.41, 5.74) is 0.492. The lowest BCUT2D eigenvalue weighted by molar-refractivity contribution is -0.137. The van der Waals surface area contributed by atoms with Crippen molar-refractivity contribution < 1.29 is 13.2 Å². The number of hydrogen-bond donors (Lipinski definition) is 0. The Bertz CT molecular complexity index is 736. The zero-order chi connectivity index (χ0) is 18.6. The maximum Gasteiger partial charge on any atom is 0.417 e. The lowest BCUT2D eigenvalue weighted by Gasteiger charge is -2.24. The molecule has 0 atom stereocenters. The van der Waals surface area contributed by atoms with Crippen LogP contribution in [0.15, 0.2) is 42.6 Å². The predicted octanol–water partition coefficient (Wildman–Crippen LogP) is 6.24. The highest BCUT2D eigenvalue weighted by molar-refractivity contribution is 8.93.